The molecule has 2 heterocycles. The third-order valence-corrected chi connectivity index (χ3v) is 4.26. The van der Waals surface area contributed by atoms with Gasteiger partial charge in [-0.25, -0.2) is 0 Å². The van der Waals surface area contributed by atoms with Gasteiger partial charge in [-0.3, -0.25) is 19.8 Å². The number of carbonyl (C=O) groups is 1. The fourth-order valence-electron chi connectivity index (χ4n) is 2.81. The van der Waals surface area contributed by atoms with E-state index in [4.69, 9.17) is 0 Å². The lowest BCUT2D eigenvalue weighted by atomic mass is 10.2. The van der Waals surface area contributed by atoms with Gasteiger partial charge < -0.3 is 10.1 Å². The molecule has 3 rings (SSSR count). The number of benzene rings is 1. The number of non-ortho nitro benzene ring substituents is 1. The van der Waals surface area contributed by atoms with E-state index < -0.39 is 4.92 Å². The summed E-state index contributed by atoms with van der Waals surface area (Å²) in [6.07, 6.45) is 4.70. The van der Waals surface area contributed by atoms with E-state index >= 15 is 0 Å². The highest BCUT2D eigenvalue weighted by molar-refractivity contribution is 5.92. The minimum Gasteiger partial charge on any atom is -0.350 e. The van der Waals surface area contributed by atoms with E-state index in [1.807, 2.05) is 17.0 Å². The summed E-state index contributed by atoms with van der Waals surface area (Å²) in [5.41, 5.74) is 0.750. The topological polar surface area (TPSA) is 90.8 Å². The summed E-state index contributed by atoms with van der Waals surface area (Å²) >= 11 is 0. The van der Waals surface area contributed by atoms with Crippen LogP contribution in [0.25, 0.3) is 6.08 Å². The highest BCUT2D eigenvalue weighted by atomic mass is 16.6. The first-order chi connectivity index (χ1) is 12.5. The molecule has 1 aromatic carbocycles. The van der Waals surface area contributed by atoms with Gasteiger partial charge in [0.1, 0.15) is 19.3 Å². The number of carbonyl (C=O) groups excluding carboxylic acids is 1. The van der Waals surface area contributed by atoms with Crippen molar-refractivity contribution >= 4 is 23.5 Å². The van der Waals surface area contributed by atoms with Crippen molar-refractivity contribution in [2.75, 3.05) is 31.1 Å². The number of nitro groups is 1. The Morgan fingerprint density at radius 1 is 1.12 bits per heavy atom. The number of nitro benzene ring substituents is 1. The molecule has 0 saturated carbocycles. The zero-order valence-electron chi connectivity index (χ0n) is 14.1. The number of hydrogen-bond donors (Lipinski definition) is 1. The number of anilines is 1. The van der Waals surface area contributed by atoms with E-state index in [-0.39, 0.29) is 11.6 Å². The number of aromatic nitrogens is 1. The molecule has 8 heteroatoms. The van der Waals surface area contributed by atoms with Gasteiger partial charge >= 0.3 is 5.82 Å². The first-order valence-electron chi connectivity index (χ1n) is 8.21. The Kier molecular flexibility index (Phi) is 5.12. The van der Waals surface area contributed by atoms with Crippen LogP contribution in [0.4, 0.5) is 11.5 Å². The normalized spacial score (nSPS) is 14.6. The Morgan fingerprint density at radius 3 is 2.42 bits per heavy atom. The molecule has 0 radical (unpaired) electrons. The molecule has 8 nitrogen and oxygen atoms in total. The largest absolute Gasteiger partial charge is 0.350 e. The van der Waals surface area contributed by atoms with Crippen molar-refractivity contribution in [1.82, 2.24) is 4.90 Å². The molecule has 1 aliphatic rings. The third-order valence-electron chi connectivity index (χ3n) is 4.26. The Bertz CT molecular complexity index is 827. The average molecular weight is 355 g/mol. The number of pyridine rings is 1. The number of nitrogens with zero attached hydrogens (tertiary/aromatic N) is 4. The molecule has 2 aromatic rings. The fraction of sp³-hybridized carbons (Fsp3) is 0.222. The summed E-state index contributed by atoms with van der Waals surface area (Å²) < 4.78 is 1.08. The predicted octanol–water partition coefficient (Wildman–Crippen LogP) is 1.48. The van der Waals surface area contributed by atoms with E-state index in [1.54, 1.807) is 35.4 Å². The molecule has 0 unspecified atom stereocenters. The second-order valence-corrected chi connectivity index (χ2v) is 5.90. The zero-order chi connectivity index (χ0) is 18.5. The van der Waals surface area contributed by atoms with Crippen molar-refractivity contribution in [3.05, 3.63) is 70.4 Å². The average Bonchev–Trinajstić information content (AvgIpc) is 2.67. The van der Waals surface area contributed by atoms with Crippen LogP contribution in [0.5, 0.6) is 0 Å². The predicted molar refractivity (Wildman–Crippen MR) is 94.7 cm³/mol. The van der Waals surface area contributed by atoms with Crippen LogP contribution < -0.4 is 9.63 Å². The monoisotopic (exact) mass is 355 g/mol. The SMILES string of the molecule is O=C(/C=C/c1ccc([N+](=O)[O-])cc1)N1CCN(c2cccc[n+]2O)CC1. The quantitative estimate of drug-likeness (QED) is 0.295. The summed E-state index contributed by atoms with van der Waals surface area (Å²) in [7, 11) is 0. The Hall–Kier alpha value is -3.42. The molecular formula is C18H19N4O4+. The van der Waals surface area contributed by atoms with Gasteiger partial charge in [0.05, 0.1) is 18.0 Å². The highest BCUT2D eigenvalue weighted by Gasteiger charge is 2.26. The molecule has 1 amide bonds. The van der Waals surface area contributed by atoms with E-state index in [2.05, 4.69) is 0 Å². The van der Waals surface area contributed by atoms with E-state index in [0.29, 0.717) is 32.0 Å². The van der Waals surface area contributed by atoms with Gasteiger partial charge in [0.15, 0.2) is 0 Å². The molecule has 134 valence electrons. The van der Waals surface area contributed by atoms with Crippen molar-refractivity contribution in [1.29, 1.82) is 0 Å². The van der Waals surface area contributed by atoms with E-state index in [0.717, 1.165) is 10.3 Å². The van der Waals surface area contributed by atoms with Crippen LogP contribution in [-0.4, -0.2) is 47.1 Å². The summed E-state index contributed by atoms with van der Waals surface area (Å²) in [6.45, 7) is 2.36. The zero-order valence-corrected chi connectivity index (χ0v) is 14.1. The minimum absolute atomic E-state index is 0.0200. The van der Waals surface area contributed by atoms with Crippen LogP contribution in [0.1, 0.15) is 5.56 Å². The number of amides is 1. The second kappa shape index (κ2) is 7.64. The summed E-state index contributed by atoms with van der Waals surface area (Å²) in [6, 6.07) is 11.5. The molecule has 0 bridgehead atoms. The minimum atomic E-state index is -0.457. The van der Waals surface area contributed by atoms with Gasteiger partial charge in [-0.1, -0.05) is 10.8 Å². The van der Waals surface area contributed by atoms with Crippen molar-refractivity contribution in [3.63, 3.8) is 0 Å². The van der Waals surface area contributed by atoms with Crippen molar-refractivity contribution in [3.8, 4) is 0 Å². The van der Waals surface area contributed by atoms with Crippen molar-refractivity contribution in [2.45, 2.75) is 0 Å². The number of piperazine rings is 1. The molecule has 1 aromatic heterocycles. The standard InChI is InChI=1S/C18H19N4O4/c23-18(9-6-15-4-7-16(8-5-15)22(25)26)20-13-11-19(12-14-20)17-3-1-2-10-21(17)24/h1-10,24H,11-14H2/q+1/b9-6+. The Balaban J connectivity index is 1.56. The van der Waals surface area contributed by atoms with Crippen molar-refractivity contribution in [2.24, 2.45) is 0 Å². The molecule has 1 aliphatic heterocycles. The smallest absolute Gasteiger partial charge is 0.316 e. The maximum absolute atomic E-state index is 12.3. The van der Waals surface area contributed by atoms with Gasteiger partial charge in [-0.15, -0.1) is 0 Å². The molecule has 1 fully saturated rings. The van der Waals surface area contributed by atoms with Crippen LogP contribution in [-0.2, 0) is 4.79 Å². The first-order valence-corrected chi connectivity index (χ1v) is 8.21. The summed E-state index contributed by atoms with van der Waals surface area (Å²) in [5.74, 6) is 0.592. The molecule has 1 saturated heterocycles. The maximum atomic E-state index is 12.3. The maximum Gasteiger partial charge on any atom is 0.316 e. The Labute approximate surface area is 150 Å². The molecule has 0 spiro atoms. The van der Waals surface area contributed by atoms with Crippen molar-refractivity contribution < 1.29 is 19.7 Å². The van der Waals surface area contributed by atoms with E-state index in [1.165, 1.54) is 18.2 Å². The van der Waals surface area contributed by atoms with Gasteiger partial charge in [-0.2, -0.15) is 0 Å². The van der Waals surface area contributed by atoms with Crippen LogP contribution in [0.3, 0.4) is 0 Å². The van der Waals surface area contributed by atoms with Crippen LogP contribution in [0.15, 0.2) is 54.7 Å². The fourth-order valence-corrected chi connectivity index (χ4v) is 2.81. The molecular weight excluding hydrogens is 336 g/mol. The lowest BCUT2D eigenvalue weighted by Crippen LogP contribution is -2.51. The van der Waals surface area contributed by atoms with Gasteiger partial charge in [0.2, 0.25) is 5.91 Å². The molecule has 0 aliphatic carbocycles. The van der Waals surface area contributed by atoms with Gasteiger partial charge in [-0.05, 0) is 29.8 Å². The lowest BCUT2D eigenvalue weighted by molar-refractivity contribution is -0.894. The van der Waals surface area contributed by atoms with Crippen LogP contribution >= 0.6 is 0 Å². The van der Waals surface area contributed by atoms with E-state index in [9.17, 15) is 20.1 Å². The van der Waals surface area contributed by atoms with Crippen LogP contribution in [0.2, 0.25) is 0 Å². The highest BCUT2D eigenvalue weighted by Crippen LogP contribution is 2.14. The first kappa shape index (κ1) is 17.4. The van der Waals surface area contributed by atoms with Gasteiger partial charge in [0.25, 0.3) is 5.69 Å². The Morgan fingerprint density at radius 2 is 1.81 bits per heavy atom. The lowest BCUT2D eigenvalue weighted by Gasteiger charge is -2.30. The molecule has 1 N–H and O–H groups in total. The van der Waals surface area contributed by atoms with Gasteiger partial charge in [0, 0.05) is 24.3 Å². The summed E-state index contributed by atoms with van der Waals surface area (Å²) in [4.78, 5) is 26.3. The van der Waals surface area contributed by atoms with Crippen LogP contribution in [0, 0.1) is 10.1 Å². The molecule has 26 heavy (non-hydrogen) atoms. The number of rotatable bonds is 4. The second-order valence-electron chi connectivity index (χ2n) is 5.90. The molecule has 0 atom stereocenters. The summed E-state index contributed by atoms with van der Waals surface area (Å²) in [5, 5.41) is 20.5. The third kappa shape index (κ3) is 3.97. The number of hydrogen-bond acceptors (Lipinski definition) is 5.